The van der Waals surface area contributed by atoms with Crippen LogP contribution in [-0.2, 0) is 0 Å². The second-order valence-electron chi connectivity index (χ2n) is 3.90. The molecular formula is C10H14FNO. The van der Waals surface area contributed by atoms with Crippen molar-refractivity contribution < 1.29 is 9.13 Å². The average Bonchev–Trinajstić information content (AvgIpc) is 1.93. The van der Waals surface area contributed by atoms with Gasteiger partial charge in [-0.15, -0.1) is 0 Å². The number of hydrogen-bond acceptors (Lipinski definition) is 2. The fourth-order valence-electron chi connectivity index (χ4n) is 0.930. The van der Waals surface area contributed by atoms with E-state index in [4.69, 9.17) is 10.5 Å². The number of rotatable bonds is 1. The second kappa shape index (κ2) is 3.24. The van der Waals surface area contributed by atoms with Gasteiger partial charge in [-0.05, 0) is 32.9 Å². The number of ether oxygens (including phenoxy) is 1. The van der Waals surface area contributed by atoms with Crippen LogP contribution in [0.5, 0.6) is 5.75 Å². The number of halogens is 1. The number of nitrogens with two attached hydrogens (primary N) is 1. The van der Waals surface area contributed by atoms with Crippen LogP contribution in [0, 0.1) is 5.82 Å². The van der Waals surface area contributed by atoms with E-state index in [-0.39, 0.29) is 5.75 Å². The van der Waals surface area contributed by atoms with Gasteiger partial charge in [0.2, 0.25) is 0 Å². The van der Waals surface area contributed by atoms with Gasteiger partial charge in [-0.3, -0.25) is 0 Å². The Morgan fingerprint density at radius 2 is 1.92 bits per heavy atom. The summed E-state index contributed by atoms with van der Waals surface area (Å²) in [7, 11) is 0. The van der Waals surface area contributed by atoms with Gasteiger partial charge in [-0.1, -0.05) is 0 Å². The molecule has 0 saturated carbocycles. The van der Waals surface area contributed by atoms with Gasteiger partial charge in [-0.2, -0.15) is 0 Å². The van der Waals surface area contributed by atoms with E-state index in [1.54, 1.807) is 6.07 Å². The van der Waals surface area contributed by atoms with Crippen LogP contribution in [0.25, 0.3) is 0 Å². The Kier molecular flexibility index (Phi) is 2.45. The highest BCUT2D eigenvalue weighted by Crippen LogP contribution is 2.23. The Hall–Kier alpha value is -1.25. The van der Waals surface area contributed by atoms with Crippen LogP contribution in [0.1, 0.15) is 20.8 Å². The normalized spacial score (nSPS) is 11.4. The second-order valence-corrected chi connectivity index (χ2v) is 3.90. The van der Waals surface area contributed by atoms with Crippen LogP contribution in [0.3, 0.4) is 0 Å². The molecule has 13 heavy (non-hydrogen) atoms. The molecule has 0 amide bonds. The smallest absolute Gasteiger partial charge is 0.167 e. The van der Waals surface area contributed by atoms with Gasteiger partial charge in [0, 0.05) is 11.8 Å². The predicted octanol–water partition coefficient (Wildman–Crippen LogP) is 2.59. The molecule has 0 radical (unpaired) electrons. The maximum atomic E-state index is 13.2. The minimum Gasteiger partial charge on any atom is -0.485 e. The standard InChI is InChI=1S/C10H14FNO/c1-10(2,3)13-9-5-4-7(12)6-8(9)11/h4-6H,12H2,1-3H3. The zero-order chi connectivity index (χ0) is 10.1. The number of hydrogen-bond donors (Lipinski definition) is 1. The summed E-state index contributed by atoms with van der Waals surface area (Å²) in [4.78, 5) is 0. The number of nitrogen functional groups attached to an aromatic ring is 1. The molecule has 1 rings (SSSR count). The van der Waals surface area contributed by atoms with E-state index in [1.165, 1.54) is 12.1 Å². The highest BCUT2D eigenvalue weighted by atomic mass is 19.1. The molecule has 0 atom stereocenters. The fourth-order valence-corrected chi connectivity index (χ4v) is 0.930. The summed E-state index contributed by atoms with van der Waals surface area (Å²) in [5.41, 5.74) is 5.41. The van der Waals surface area contributed by atoms with Crippen molar-refractivity contribution in [2.45, 2.75) is 26.4 Å². The summed E-state index contributed by atoms with van der Waals surface area (Å²) in [5.74, 6) is -0.184. The van der Waals surface area contributed by atoms with Crippen molar-refractivity contribution >= 4 is 5.69 Å². The molecule has 3 heteroatoms. The third kappa shape index (κ3) is 2.93. The lowest BCUT2D eigenvalue weighted by Gasteiger charge is -2.21. The Bertz CT molecular complexity index is 304. The van der Waals surface area contributed by atoms with Gasteiger partial charge in [0.1, 0.15) is 5.60 Å². The molecule has 0 bridgehead atoms. The number of benzene rings is 1. The first-order valence-electron chi connectivity index (χ1n) is 4.12. The lowest BCUT2D eigenvalue weighted by Crippen LogP contribution is -2.23. The van der Waals surface area contributed by atoms with Crippen molar-refractivity contribution in [3.63, 3.8) is 0 Å². The summed E-state index contributed by atoms with van der Waals surface area (Å²) >= 11 is 0. The molecule has 0 aliphatic heterocycles. The van der Waals surface area contributed by atoms with Crippen molar-refractivity contribution in [3.05, 3.63) is 24.0 Å². The zero-order valence-corrected chi connectivity index (χ0v) is 8.10. The summed E-state index contributed by atoms with van der Waals surface area (Å²) in [6.45, 7) is 5.59. The van der Waals surface area contributed by atoms with E-state index in [2.05, 4.69) is 0 Å². The summed E-state index contributed by atoms with van der Waals surface area (Å²) in [6.07, 6.45) is 0. The third-order valence-corrected chi connectivity index (χ3v) is 1.37. The topological polar surface area (TPSA) is 35.2 Å². The van der Waals surface area contributed by atoms with Gasteiger partial charge in [0.25, 0.3) is 0 Å². The summed E-state index contributed by atoms with van der Waals surface area (Å²) < 4.78 is 18.5. The van der Waals surface area contributed by atoms with Crippen molar-refractivity contribution in [2.75, 3.05) is 5.73 Å². The highest BCUT2D eigenvalue weighted by Gasteiger charge is 2.14. The van der Waals surface area contributed by atoms with E-state index in [0.717, 1.165) is 0 Å². The fraction of sp³-hybridized carbons (Fsp3) is 0.400. The Labute approximate surface area is 77.5 Å². The molecule has 0 saturated heterocycles. The van der Waals surface area contributed by atoms with E-state index in [1.807, 2.05) is 20.8 Å². The maximum Gasteiger partial charge on any atom is 0.167 e. The van der Waals surface area contributed by atoms with Crippen LogP contribution in [0.2, 0.25) is 0 Å². The quantitative estimate of drug-likeness (QED) is 0.679. The van der Waals surface area contributed by atoms with Gasteiger partial charge in [0.15, 0.2) is 11.6 Å². The minimum absolute atomic E-state index is 0.238. The van der Waals surface area contributed by atoms with Crippen LogP contribution in [0.4, 0.5) is 10.1 Å². The van der Waals surface area contributed by atoms with Crippen LogP contribution in [-0.4, -0.2) is 5.60 Å². The van der Waals surface area contributed by atoms with Crippen LogP contribution >= 0.6 is 0 Å². The third-order valence-electron chi connectivity index (χ3n) is 1.37. The maximum absolute atomic E-state index is 13.2. The highest BCUT2D eigenvalue weighted by molar-refractivity contribution is 5.42. The van der Waals surface area contributed by atoms with Crippen molar-refractivity contribution in [3.8, 4) is 5.75 Å². The predicted molar refractivity (Wildman–Crippen MR) is 51.2 cm³/mol. The zero-order valence-electron chi connectivity index (χ0n) is 8.10. The van der Waals surface area contributed by atoms with Gasteiger partial charge >= 0.3 is 0 Å². The van der Waals surface area contributed by atoms with E-state index in [9.17, 15) is 4.39 Å². The molecule has 72 valence electrons. The van der Waals surface area contributed by atoms with E-state index >= 15 is 0 Å². The Morgan fingerprint density at radius 3 is 2.38 bits per heavy atom. The first-order chi connectivity index (χ1) is 5.88. The van der Waals surface area contributed by atoms with Gasteiger partial charge in [0.05, 0.1) is 0 Å². The first-order valence-corrected chi connectivity index (χ1v) is 4.12. The van der Waals surface area contributed by atoms with Gasteiger partial charge < -0.3 is 10.5 Å². The lowest BCUT2D eigenvalue weighted by molar-refractivity contribution is 0.124. The van der Waals surface area contributed by atoms with Crippen LogP contribution in [0.15, 0.2) is 18.2 Å². The average molecular weight is 183 g/mol. The Balaban J connectivity index is 2.90. The molecule has 0 aromatic heterocycles. The Morgan fingerprint density at radius 1 is 1.31 bits per heavy atom. The molecular weight excluding hydrogens is 169 g/mol. The number of anilines is 1. The molecule has 0 aliphatic carbocycles. The molecule has 0 fully saturated rings. The molecule has 0 aliphatic rings. The SMILES string of the molecule is CC(C)(C)Oc1ccc(N)cc1F. The summed E-state index contributed by atoms with van der Waals surface area (Å²) in [5, 5.41) is 0. The largest absolute Gasteiger partial charge is 0.485 e. The molecule has 0 unspecified atom stereocenters. The molecule has 2 N–H and O–H groups in total. The molecule has 0 heterocycles. The lowest BCUT2D eigenvalue weighted by atomic mass is 10.2. The van der Waals surface area contributed by atoms with Crippen molar-refractivity contribution in [1.82, 2.24) is 0 Å². The van der Waals surface area contributed by atoms with E-state index < -0.39 is 11.4 Å². The molecule has 2 nitrogen and oxygen atoms in total. The first kappa shape index (κ1) is 9.84. The molecule has 1 aromatic carbocycles. The van der Waals surface area contributed by atoms with Crippen LogP contribution < -0.4 is 10.5 Å². The van der Waals surface area contributed by atoms with Crippen molar-refractivity contribution in [1.29, 1.82) is 0 Å². The molecule has 1 aromatic rings. The summed E-state index contributed by atoms with van der Waals surface area (Å²) in [6, 6.07) is 4.40. The van der Waals surface area contributed by atoms with Gasteiger partial charge in [-0.25, -0.2) is 4.39 Å². The monoisotopic (exact) mass is 183 g/mol. The van der Waals surface area contributed by atoms with Crippen molar-refractivity contribution in [2.24, 2.45) is 0 Å². The van der Waals surface area contributed by atoms with E-state index in [0.29, 0.717) is 5.69 Å². The molecule has 0 spiro atoms. The minimum atomic E-state index is -0.421.